The molecule has 1 amide bonds. The lowest BCUT2D eigenvalue weighted by Gasteiger charge is -2.10. The third-order valence-corrected chi connectivity index (χ3v) is 5.16. The second-order valence-corrected chi connectivity index (χ2v) is 7.86. The van der Waals surface area contributed by atoms with Gasteiger partial charge in [0.05, 0.1) is 6.54 Å². The molecule has 3 aromatic carbocycles. The lowest BCUT2D eigenvalue weighted by Crippen LogP contribution is -2.13. The van der Waals surface area contributed by atoms with Gasteiger partial charge >= 0.3 is 0 Å². The molecule has 0 spiro atoms. The van der Waals surface area contributed by atoms with E-state index in [2.05, 4.69) is 10.4 Å². The van der Waals surface area contributed by atoms with Gasteiger partial charge in [0.25, 0.3) is 5.91 Å². The number of hydrogen-bond donors (Lipinski definition) is 1. The van der Waals surface area contributed by atoms with Crippen LogP contribution < -0.4 is 10.1 Å². The first kappa shape index (κ1) is 22.2. The molecule has 0 aliphatic rings. The number of amides is 1. The van der Waals surface area contributed by atoms with E-state index in [1.54, 1.807) is 35.1 Å². The maximum absolute atomic E-state index is 13.2. The van der Waals surface area contributed by atoms with Crippen LogP contribution in [0.5, 0.6) is 5.88 Å². The predicted octanol–water partition coefficient (Wildman–Crippen LogP) is 5.66. The van der Waals surface area contributed by atoms with Crippen molar-refractivity contribution in [2.45, 2.75) is 27.0 Å². The summed E-state index contributed by atoms with van der Waals surface area (Å²) in [5.74, 6) is -0.862. The molecule has 0 atom stereocenters. The number of anilines is 1. The Bertz CT molecular complexity index is 1270. The Morgan fingerprint density at radius 1 is 0.939 bits per heavy atom. The van der Waals surface area contributed by atoms with Gasteiger partial charge in [0.1, 0.15) is 23.8 Å². The second kappa shape index (κ2) is 9.65. The number of rotatable bonds is 7. The Hall–Kier alpha value is -4.00. The fourth-order valence-corrected chi connectivity index (χ4v) is 3.32. The van der Waals surface area contributed by atoms with Crippen LogP contribution >= 0.6 is 0 Å². The average molecular weight is 447 g/mol. The van der Waals surface area contributed by atoms with Gasteiger partial charge in [0, 0.05) is 11.9 Å². The smallest absolute Gasteiger partial charge is 0.262 e. The van der Waals surface area contributed by atoms with Gasteiger partial charge in [0.15, 0.2) is 0 Å². The molecule has 33 heavy (non-hydrogen) atoms. The summed E-state index contributed by atoms with van der Waals surface area (Å²) in [7, 11) is 0. The highest BCUT2D eigenvalue weighted by Gasteiger charge is 2.19. The Labute approximate surface area is 190 Å². The molecule has 1 N–H and O–H groups in total. The number of carbonyl (C=O) groups is 1. The first-order valence-corrected chi connectivity index (χ1v) is 10.4. The zero-order valence-electron chi connectivity index (χ0n) is 18.3. The number of aryl methyl sites for hydroxylation is 2. The maximum Gasteiger partial charge on any atom is 0.262 e. The van der Waals surface area contributed by atoms with Gasteiger partial charge in [-0.15, -0.1) is 5.10 Å². The lowest BCUT2D eigenvalue weighted by atomic mass is 10.1. The number of hydrogen-bond acceptors (Lipinski definition) is 3. The van der Waals surface area contributed by atoms with E-state index in [4.69, 9.17) is 4.74 Å². The zero-order valence-corrected chi connectivity index (χ0v) is 18.3. The Morgan fingerprint density at radius 2 is 1.58 bits per heavy atom. The number of nitrogens with one attached hydrogen (secondary N) is 1. The van der Waals surface area contributed by atoms with Crippen LogP contribution in [-0.2, 0) is 13.2 Å². The Morgan fingerprint density at radius 3 is 2.24 bits per heavy atom. The van der Waals surface area contributed by atoms with E-state index < -0.39 is 0 Å². The van der Waals surface area contributed by atoms with Crippen LogP contribution in [0, 0.1) is 25.5 Å². The molecule has 7 heteroatoms. The van der Waals surface area contributed by atoms with Gasteiger partial charge in [-0.1, -0.05) is 36.4 Å². The second-order valence-electron chi connectivity index (χ2n) is 7.86. The molecule has 0 saturated carbocycles. The van der Waals surface area contributed by atoms with Crippen LogP contribution in [0.25, 0.3) is 0 Å². The highest BCUT2D eigenvalue weighted by atomic mass is 19.1. The molecule has 0 unspecified atom stereocenters. The first-order valence-electron chi connectivity index (χ1n) is 10.4. The molecule has 1 heterocycles. The van der Waals surface area contributed by atoms with Crippen molar-refractivity contribution in [2.75, 3.05) is 5.32 Å². The summed E-state index contributed by atoms with van der Waals surface area (Å²) in [4.78, 5) is 13.1. The van der Waals surface area contributed by atoms with Crippen LogP contribution in [0.15, 0.2) is 72.9 Å². The van der Waals surface area contributed by atoms with Crippen molar-refractivity contribution in [1.82, 2.24) is 9.78 Å². The Kier molecular flexibility index (Phi) is 6.49. The average Bonchev–Trinajstić information content (AvgIpc) is 3.20. The van der Waals surface area contributed by atoms with E-state index in [1.807, 2.05) is 32.0 Å². The molecular formula is C26H23F2N3O2. The quantitative estimate of drug-likeness (QED) is 0.398. The molecular weight excluding hydrogens is 424 g/mol. The molecule has 4 rings (SSSR count). The van der Waals surface area contributed by atoms with Crippen LogP contribution in [0.4, 0.5) is 14.5 Å². The summed E-state index contributed by atoms with van der Waals surface area (Å²) >= 11 is 0. The summed E-state index contributed by atoms with van der Waals surface area (Å²) in [6.45, 7) is 4.33. The minimum Gasteiger partial charge on any atom is -0.471 e. The highest BCUT2D eigenvalue weighted by molar-refractivity contribution is 6.06. The molecule has 1 aromatic heterocycles. The molecule has 4 aromatic rings. The summed E-state index contributed by atoms with van der Waals surface area (Å²) in [6.07, 6.45) is 1.60. The monoisotopic (exact) mass is 447 g/mol. The molecule has 5 nitrogen and oxygen atoms in total. The summed E-state index contributed by atoms with van der Waals surface area (Å²) in [5, 5.41) is 7.36. The number of aromatic nitrogens is 2. The minimum atomic E-state index is -0.358. The van der Waals surface area contributed by atoms with Crippen molar-refractivity contribution in [2.24, 2.45) is 0 Å². The largest absolute Gasteiger partial charge is 0.471 e. The number of benzene rings is 3. The molecule has 0 radical (unpaired) electrons. The SMILES string of the molecule is Cc1ccc(C)c(NC(=O)c2cn(Cc3ccc(F)cc3)nc2OCc2ccc(F)cc2)c1. The molecule has 0 aliphatic heterocycles. The van der Waals surface area contributed by atoms with Crippen molar-refractivity contribution in [3.63, 3.8) is 0 Å². The predicted molar refractivity (Wildman–Crippen MR) is 122 cm³/mol. The number of ether oxygens (including phenoxy) is 1. The van der Waals surface area contributed by atoms with Crippen molar-refractivity contribution >= 4 is 11.6 Å². The van der Waals surface area contributed by atoms with Gasteiger partial charge in [-0.3, -0.25) is 9.48 Å². The van der Waals surface area contributed by atoms with Crippen LogP contribution in [0.3, 0.4) is 0 Å². The van der Waals surface area contributed by atoms with E-state index in [1.165, 1.54) is 24.3 Å². The number of carbonyl (C=O) groups excluding carboxylic acids is 1. The fraction of sp³-hybridized carbons (Fsp3) is 0.154. The lowest BCUT2D eigenvalue weighted by molar-refractivity contribution is 0.102. The fourth-order valence-electron chi connectivity index (χ4n) is 3.32. The normalized spacial score (nSPS) is 10.8. The van der Waals surface area contributed by atoms with Gasteiger partial charge in [0.2, 0.25) is 5.88 Å². The summed E-state index contributed by atoms with van der Waals surface area (Å²) in [6, 6.07) is 17.8. The summed E-state index contributed by atoms with van der Waals surface area (Å²) in [5.41, 5.74) is 4.49. The Balaban J connectivity index is 1.59. The molecule has 168 valence electrons. The van der Waals surface area contributed by atoms with Crippen LogP contribution in [-0.4, -0.2) is 15.7 Å². The van der Waals surface area contributed by atoms with Crippen molar-refractivity contribution in [1.29, 1.82) is 0 Å². The molecule has 0 bridgehead atoms. The highest BCUT2D eigenvalue weighted by Crippen LogP contribution is 2.23. The number of halogens is 2. The minimum absolute atomic E-state index is 0.123. The van der Waals surface area contributed by atoms with E-state index in [0.717, 1.165) is 22.3 Å². The maximum atomic E-state index is 13.2. The van der Waals surface area contributed by atoms with E-state index in [9.17, 15) is 13.6 Å². The van der Waals surface area contributed by atoms with Gasteiger partial charge in [-0.2, -0.15) is 0 Å². The zero-order chi connectivity index (χ0) is 23.4. The third kappa shape index (κ3) is 5.63. The van der Waals surface area contributed by atoms with E-state index in [0.29, 0.717) is 12.2 Å². The van der Waals surface area contributed by atoms with Crippen molar-refractivity contribution in [3.8, 4) is 5.88 Å². The van der Waals surface area contributed by atoms with Crippen molar-refractivity contribution in [3.05, 3.63) is 112 Å². The standard InChI is InChI=1S/C26H23F2N3O2/c1-17-3-4-18(2)24(13-17)29-25(32)23-15-31(14-19-5-9-21(27)10-6-19)30-26(23)33-16-20-7-11-22(28)12-8-20/h3-13,15H,14,16H2,1-2H3,(H,29,32). The van der Waals surface area contributed by atoms with Gasteiger partial charge in [-0.05, 0) is 66.4 Å². The summed E-state index contributed by atoms with van der Waals surface area (Å²) < 4.78 is 33.8. The van der Waals surface area contributed by atoms with Crippen LogP contribution in [0.2, 0.25) is 0 Å². The topological polar surface area (TPSA) is 56.2 Å². The molecule has 0 saturated heterocycles. The van der Waals surface area contributed by atoms with Crippen molar-refractivity contribution < 1.29 is 18.3 Å². The van der Waals surface area contributed by atoms with E-state index in [-0.39, 0.29) is 35.6 Å². The first-order chi connectivity index (χ1) is 15.9. The van der Waals surface area contributed by atoms with Gasteiger partial charge < -0.3 is 10.1 Å². The van der Waals surface area contributed by atoms with Crippen LogP contribution in [0.1, 0.15) is 32.6 Å². The molecule has 0 aliphatic carbocycles. The molecule has 0 fully saturated rings. The number of nitrogens with zero attached hydrogens (tertiary/aromatic N) is 2. The van der Waals surface area contributed by atoms with E-state index >= 15 is 0 Å². The third-order valence-electron chi connectivity index (χ3n) is 5.16. The van der Waals surface area contributed by atoms with Gasteiger partial charge in [-0.25, -0.2) is 8.78 Å².